The van der Waals surface area contributed by atoms with Crippen molar-refractivity contribution in [3.8, 4) is 11.5 Å². The van der Waals surface area contributed by atoms with Gasteiger partial charge >= 0.3 is 11.9 Å². The molecule has 8 nitrogen and oxygen atoms in total. The number of rotatable bonds is 5. The summed E-state index contributed by atoms with van der Waals surface area (Å²) in [7, 11) is 2.68. The van der Waals surface area contributed by atoms with Crippen LogP contribution in [0.5, 0.6) is 11.5 Å². The number of phenolic OH excluding ortho intramolecular Hbond substituents is 1. The Hall–Kier alpha value is -3.29. The van der Waals surface area contributed by atoms with Crippen LogP contribution in [0.15, 0.2) is 40.7 Å². The minimum atomic E-state index is -0.971. The molecule has 0 radical (unpaired) electrons. The van der Waals surface area contributed by atoms with E-state index in [1.54, 1.807) is 26.0 Å². The molecule has 0 unspecified atom stereocenters. The maximum Gasteiger partial charge on any atom is 0.336 e. The predicted octanol–water partition coefficient (Wildman–Crippen LogP) is 2.58. The van der Waals surface area contributed by atoms with Gasteiger partial charge in [0.1, 0.15) is 5.92 Å². The Morgan fingerprint density at radius 3 is 2.55 bits per heavy atom. The van der Waals surface area contributed by atoms with Crippen LogP contribution in [0.2, 0.25) is 0 Å². The number of allylic oxidation sites excluding steroid dienone is 3. The van der Waals surface area contributed by atoms with Crippen molar-refractivity contribution in [3.63, 3.8) is 0 Å². The molecular formula is C23H27NO7. The van der Waals surface area contributed by atoms with Gasteiger partial charge in [-0.25, -0.2) is 4.79 Å². The van der Waals surface area contributed by atoms with E-state index in [0.717, 1.165) is 0 Å². The summed E-state index contributed by atoms with van der Waals surface area (Å²) in [6, 6.07) is 4.72. The summed E-state index contributed by atoms with van der Waals surface area (Å²) < 4.78 is 15.3. The molecule has 1 aliphatic heterocycles. The molecule has 2 N–H and O–H groups in total. The number of ether oxygens (including phenoxy) is 3. The maximum atomic E-state index is 13.5. The first kappa shape index (κ1) is 22.4. The van der Waals surface area contributed by atoms with Crippen molar-refractivity contribution < 1.29 is 33.7 Å². The molecule has 0 saturated heterocycles. The molecule has 8 heteroatoms. The van der Waals surface area contributed by atoms with Crippen molar-refractivity contribution in [3.05, 3.63) is 46.3 Å². The molecule has 0 spiro atoms. The number of methoxy groups -OCH3 is 2. The normalized spacial score (nSPS) is 23.1. The second-order valence-corrected chi connectivity index (χ2v) is 7.69. The smallest absolute Gasteiger partial charge is 0.336 e. The quantitative estimate of drug-likeness (QED) is 0.543. The second kappa shape index (κ2) is 8.83. The van der Waals surface area contributed by atoms with Crippen molar-refractivity contribution in [2.24, 2.45) is 11.8 Å². The number of benzene rings is 1. The fraction of sp³-hybridized carbons (Fsp3) is 0.435. The van der Waals surface area contributed by atoms with E-state index in [9.17, 15) is 19.5 Å². The van der Waals surface area contributed by atoms with Crippen molar-refractivity contribution in [2.75, 3.05) is 20.8 Å². The van der Waals surface area contributed by atoms with Gasteiger partial charge < -0.3 is 24.6 Å². The zero-order valence-electron chi connectivity index (χ0n) is 18.3. The first-order valence-electron chi connectivity index (χ1n) is 10.1. The monoisotopic (exact) mass is 429 g/mol. The van der Waals surface area contributed by atoms with Crippen LogP contribution < -0.4 is 10.1 Å². The second-order valence-electron chi connectivity index (χ2n) is 7.69. The highest BCUT2D eigenvalue weighted by atomic mass is 16.5. The number of carbonyl (C=O) groups excluding carboxylic acids is 3. The Bertz CT molecular complexity index is 992. The van der Waals surface area contributed by atoms with E-state index in [-0.39, 0.29) is 29.6 Å². The van der Waals surface area contributed by atoms with Crippen LogP contribution in [-0.2, 0) is 23.9 Å². The molecule has 0 saturated carbocycles. The number of esters is 2. The molecule has 2 aliphatic rings. The molecule has 0 bridgehead atoms. The SMILES string of the molecule is CCOC(=O)C1=C(C)NC2=C(C(=O)[C@@H](C(=O)OC)[C@H](C)C2)[C@@H]1c1ccc(OC)c(O)c1. The summed E-state index contributed by atoms with van der Waals surface area (Å²) >= 11 is 0. The molecule has 0 fully saturated rings. The van der Waals surface area contributed by atoms with Crippen LogP contribution >= 0.6 is 0 Å². The summed E-state index contributed by atoms with van der Waals surface area (Å²) in [6.45, 7) is 5.43. The van der Waals surface area contributed by atoms with Crippen LogP contribution in [0.3, 0.4) is 0 Å². The Morgan fingerprint density at radius 2 is 1.97 bits per heavy atom. The van der Waals surface area contributed by atoms with Crippen molar-refractivity contribution in [1.82, 2.24) is 5.32 Å². The van der Waals surface area contributed by atoms with Crippen LogP contribution in [0.25, 0.3) is 0 Å². The fourth-order valence-electron chi connectivity index (χ4n) is 4.38. The van der Waals surface area contributed by atoms with Crippen molar-refractivity contribution >= 4 is 17.7 Å². The summed E-state index contributed by atoms with van der Waals surface area (Å²) in [5.74, 6) is -3.48. The molecular weight excluding hydrogens is 402 g/mol. The molecule has 0 aromatic heterocycles. The van der Waals surface area contributed by atoms with E-state index >= 15 is 0 Å². The first-order valence-corrected chi connectivity index (χ1v) is 10.1. The van der Waals surface area contributed by atoms with Crippen LogP contribution in [0, 0.1) is 11.8 Å². The number of hydrogen-bond acceptors (Lipinski definition) is 8. The van der Waals surface area contributed by atoms with Gasteiger partial charge in [0.25, 0.3) is 0 Å². The number of phenols is 1. The Morgan fingerprint density at radius 1 is 1.26 bits per heavy atom. The van der Waals surface area contributed by atoms with Gasteiger partial charge in [0, 0.05) is 22.9 Å². The summed E-state index contributed by atoms with van der Waals surface area (Å²) in [5, 5.41) is 13.5. The van der Waals surface area contributed by atoms with E-state index in [2.05, 4.69) is 5.32 Å². The van der Waals surface area contributed by atoms with Crippen LogP contribution in [0.4, 0.5) is 0 Å². The summed E-state index contributed by atoms with van der Waals surface area (Å²) in [4.78, 5) is 38.8. The topological polar surface area (TPSA) is 111 Å². The predicted molar refractivity (Wildman–Crippen MR) is 111 cm³/mol. The van der Waals surface area contributed by atoms with E-state index < -0.39 is 29.6 Å². The van der Waals surface area contributed by atoms with Gasteiger partial charge in [-0.05, 0) is 43.9 Å². The van der Waals surface area contributed by atoms with E-state index in [0.29, 0.717) is 29.0 Å². The molecule has 166 valence electrons. The lowest BCUT2D eigenvalue weighted by Crippen LogP contribution is -2.43. The van der Waals surface area contributed by atoms with E-state index in [1.807, 2.05) is 6.92 Å². The zero-order chi connectivity index (χ0) is 22.9. The average Bonchev–Trinajstić information content (AvgIpc) is 2.72. The molecule has 3 rings (SSSR count). The van der Waals surface area contributed by atoms with Crippen molar-refractivity contribution in [2.45, 2.75) is 33.1 Å². The zero-order valence-corrected chi connectivity index (χ0v) is 18.3. The van der Waals surface area contributed by atoms with Gasteiger partial charge in [0.15, 0.2) is 17.3 Å². The summed E-state index contributed by atoms with van der Waals surface area (Å²) in [6.07, 6.45) is 0.437. The highest BCUT2D eigenvalue weighted by Crippen LogP contribution is 2.46. The maximum absolute atomic E-state index is 13.5. The third-order valence-electron chi connectivity index (χ3n) is 5.77. The van der Waals surface area contributed by atoms with E-state index in [1.165, 1.54) is 20.3 Å². The standard InChI is InChI=1S/C23H27NO7/c1-6-31-23(28)18-12(3)24-14-9-11(2)17(22(27)30-5)21(26)20(14)19(18)13-7-8-16(29-4)15(25)10-13/h7-8,10-11,17,19,24-25H,6,9H2,1-5H3/t11-,17+,19-/m1/s1. The minimum Gasteiger partial charge on any atom is -0.504 e. The molecule has 1 heterocycles. The van der Waals surface area contributed by atoms with Gasteiger partial charge in [-0.2, -0.15) is 0 Å². The number of dihydropyridines is 1. The number of nitrogens with one attached hydrogen (secondary N) is 1. The largest absolute Gasteiger partial charge is 0.504 e. The highest BCUT2D eigenvalue weighted by molar-refractivity contribution is 6.12. The van der Waals surface area contributed by atoms with Gasteiger partial charge in [-0.3, -0.25) is 9.59 Å². The molecule has 1 aromatic rings. The number of hydrogen-bond donors (Lipinski definition) is 2. The highest BCUT2D eigenvalue weighted by Gasteiger charge is 2.47. The molecule has 1 aliphatic carbocycles. The third-order valence-corrected chi connectivity index (χ3v) is 5.77. The van der Waals surface area contributed by atoms with Gasteiger partial charge in [-0.1, -0.05) is 13.0 Å². The molecule has 31 heavy (non-hydrogen) atoms. The Labute approximate surface area is 180 Å². The van der Waals surface area contributed by atoms with E-state index in [4.69, 9.17) is 14.2 Å². The number of aromatic hydroxyl groups is 1. The summed E-state index contributed by atoms with van der Waals surface area (Å²) in [5.41, 5.74) is 2.31. The van der Waals surface area contributed by atoms with Crippen LogP contribution in [-0.4, -0.2) is 43.7 Å². The average molecular weight is 429 g/mol. The fourth-order valence-corrected chi connectivity index (χ4v) is 4.38. The molecule has 0 amide bonds. The van der Waals surface area contributed by atoms with Gasteiger partial charge in [-0.15, -0.1) is 0 Å². The Balaban J connectivity index is 2.21. The molecule has 1 aromatic carbocycles. The first-order chi connectivity index (χ1) is 14.7. The van der Waals surface area contributed by atoms with Gasteiger partial charge in [0.2, 0.25) is 0 Å². The lowest BCUT2D eigenvalue weighted by atomic mass is 9.69. The number of Topliss-reactive ketones (excluding diaryl/α,β-unsaturated/α-hetero) is 1. The minimum absolute atomic E-state index is 0.123. The van der Waals surface area contributed by atoms with Gasteiger partial charge in [0.05, 0.1) is 26.4 Å². The molecule has 3 atom stereocenters. The van der Waals surface area contributed by atoms with Crippen molar-refractivity contribution in [1.29, 1.82) is 0 Å². The lowest BCUT2D eigenvalue weighted by molar-refractivity contribution is -0.151. The third kappa shape index (κ3) is 3.89. The Kier molecular flexibility index (Phi) is 6.38. The number of carbonyl (C=O) groups is 3. The number of ketones is 1. The van der Waals surface area contributed by atoms with Crippen LogP contribution in [0.1, 0.15) is 38.7 Å². The lowest BCUT2D eigenvalue weighted by Gasteiger charge is -2.38.